The fourth-order valence-electron chi connectivity index (χ4n) is 2.04. The number of hydrogen-bond acceptors (Lipinski definition) is 4. The molecule has 0 aliphatic heterocycles. The summed E-state index contributed by atoms with van der Waals surface area (Å²) in [5.74, 6) is -0.753. The molecule has 2 aromatic carbocycles. The third-order valence-electron chi connectivity index (χ3n) is 3.11. The molecule has 1 heterocycles. The summed E-state index contributed by atoms with van der Waals surface area (Å²) in [4.78, 5) is 15.9. The van der Waals surface area contributed by atoms with Crippen molar-refractivity contribution in [1.29, 1.82) is 0 Å². The molecule has 0 unspecified atom stereocenters. The Morgan fingerprint density at radius 1 is 1.27 bits per heavy atom. The van der Waals surface area contributed by atoms with Crippen molar-refractivity contribution in [2.45, 2.75) is 0 Å². The van der Waals surface area contributed by atoms with Crippen molar-refractivity contribution in [3.8, 4) is 11.5 Å². The number of halogens is 1. The maximum Gasteiger partial charge on any atom is 0.349 e. The number of fused-ring (bicyclic) bond motifs is 1. The lowest BCUT2D eigenvalue weighted by molar-refractivity contribution is -0.136. The maximum absolute atomic E-state index is 13.4. The molecule has 112 valence electrons. The lowest BCUT2D eigenvalue weighted by atomic mass is 10.3. The van der Waals surface area contributed by atoms with Crippen LogP contribution in [-0.4, -0.2) is 22.1 Å². The molecule has 0 aliphatic carbocycles. The number of para-hydroxylation sites is 1. The van der Waals surface area contributed by atoms with Crippen LogP contribution in [0.2, 0.25) is 0 Å². The summed E-state index contributed by atoms with van der Waals surface area (Å²) >= 11 is 0. The van der Waals surface area contributed by atoms with E-state index in [1.165, 1.54) is 12.1 Å². The highest BCUT2D eigenvalue weighted by atomic mass is 19.1. The van der Waals surface area contributed by atoms with E-state index in [2.05, 4.69) is 4.98 Å². The lowest BCUT2D eigenvalue weighted by Gasteiger charge is -2.07. The van der Waals surface area contributed by atoms with Crippen LogP contribution < -0.4 is 9.47 Å². The van der Waals surface area contributed by atoms with E-state index in [-0.39, 0.29) is 12.4 Å². The molecule has 0 fully saturated rings. The molecule has 0 radical (unpaired) electrons. The Hall–Kier alpha value is -2.89. The predicted molar refractivity (Wildman–Crippen MR) is 78.2 cm³/mol. The Kier molecular flexibility index (Phi) is 3.74. The monoisotopic (exact) mass is 300 g/mol. The standard InChI is InChI=1S/C16H13FN2O3/c1-19-10-18-13-8-11(6-7-14(13)19)22-16(20)9-21-15-5-3-2-4-12(15)17/h2-8,10H,9H2,1H3. The average molecular weight is 300 g/mol. The summed E-state index contributed by atoms with van der Waals surface area (Å²) in [5.41, 5.74) is 1.66. The fraction of sp³-hybridized carbons (Fsp3) is 0.125. The summed E-state index contributed by atoms with van der Waals surface area (Å²) in [6, 6.07) is 11.0. The van der Waals surface area contributed by atoms with Crippen LogP contribution >= 0.6 is 0 Å². The molecular weight excluding hydrogens is 287 g/mol. The third-order valence-corrected chi connectivity index (χ3v) is 3.11. The molecule has 6 heteroatoms. The van der Waals surface area contributed by atoms with Gasteiger partial charge in [0.25, 0.3) is 0 Å². The fourth-order valence-corrected chi connectivity index (χ4v) is 2.04. The molecule has 0 saturated heterocycles. The van der Waals surface area contributed by atoms with Crippen molar-refractivity contribution in [1.82, 2.24) is 9.55 Å². The molecule has 0 aliphatic rings. The van der Waals surface area contributed by atoms with Crippen LogP contribution in [0.1, 0.15) is 0 Å². The number of imidazole rings is 1. The zero-order valence-electron chi connectivity index (χ0n) is 11.8. The number of aryl methyl sites for hydroxylation is 1. The minimum atomic E-state index is -0.612. The topological polar surface area (TPSA) is 53.4 Å². The number of nitrogens with zero attached hydrogens (tertiary/aromatic N) is 2. The van der Waals surface area contributed by atoms with Gasteiger partial charge >= 0.3 is 5.97 Å². The first-order valence-corrected chi connectivity index (χ1v) is 6.62. The first-order valence-electron chi connectivity index (χ1n) is 6.62. The lowest BCUT2D eigenvalue weighted by Crippen LogP contribution is -2.18. The van der Waals surface area contributed by atoms with Gasteiger partial charge in [-0.25, -0.2) is 14.2 Å². The highest BCUT2D eigenvalue weighted by Crippen LogP contribution is 2.20. The highest BCUT2D eigenvalue weighted by molar-refractivity contribution is 5.79. The molecule has 0 spiro atoms. The van der Waals surface area contributed by atoms with Gasteiger partial charge in [0, 0.05) is 13.1 Å². The van der Waals surface area contributed by atoms with Crippen molar-refractivity contribution >= 4 is 17.0 Å². The molecule has 1 aromatic heterocycles. The number of carbonyl (C=O) groups is 1. The Morgan fingerprint density at radius 2 is 2.09 bits per heavy atom. The van der Waals surface area contributed by atoms with Crippen molar-refractivity contribution in [3.63, 3.8) is 0 Å². The van der Waals surface area contributed by atoms with Crippen LogP contribution in [-0.2, 0) is 11.8 Å². The smallest absolute Gasteiger partial charge is 0.349 e. The van der Waals surface area contributed by atoms with Crippen LogP contribution in [0.3, 0.4) is 0 Å². The average Bonchev–Trinajstić information content (AvgIpc) is 2.87. The molecule has 3 aromatic rings. The number of benzene rings is 2. The number of hydrogen-bond donors (Lipinski definition) is 0. The summed E-state index contributed by atoms with van der Waals surface area (Å²) in [7, 11) is 1.88. The second-order valence-electron chi connectivity index (χ2n) is 4.70. The van der Waals surface area contributed by atoms with Crippen molar-refractivity contribution in [3.05, 3.63) is 54.6 Å². The SMILES string of the molecule is Cn1cnc2cc(OC(=O)COc3ccccc3F)ccc21. The van der Waals surface area contributed by atoms with E-state index >= 15 is 0 Å². The van der Waals surface area contributed by atoms with Crippen LogP contribution in [0.25, 0.3) is 11.0 Å². The van der Waals surface area contributed by atoms with Crippen molar-refractivity contribution in [2.75, 3.05) is 6.61 Å². The Morgan fingerprint density at radius 3 is 2.91 bits per heavy atom. The zero-order valence-corrected chi connectivity index (χ0v) is 11.8. The van der Waals surface area contributed by atoms with Gasteiger partial charge in [-0.2, -0.15) is 0 Å². The first kappa shape index (κ1) is 14.1. The van der Waals surface area contributed by atoms with Gasteiger partial charge in [-0.3, -0.25) is 0 Å². The van der Waals surface area contributed by atoms with E-state index < -0.39 is 11.8 Å². The van der Waals surface area contributed by atoms with Gasteiger partial charge in [0.2, 0.25) is 0 Å². The van der Waals surface area contributed by atoms with E-state index in [9.17, 15) is 9.18 Å². The van der Waals surface area contributed by atoms with E-state index in [4.69, 9.17) is 9.47 Å². The summed E-state index contributed by atoms with van der Waals surface area (Å²) in [6.07, 6.45) is 1.68. The molecule has 0 saturated carbocycles. The van der Waals surface area contributed by atoms with Gasteiger partial charge in [-0.05, 0) is 24.3 Å². The second-order valence-corrected chi connectivity index (χ2v) is 4.70. The van der Waals surface area contributed by atoms with Gasteiger partial charge in [0.1, 0.15) is 5.75 Å². The summed E-state index contributed by atoms with van der Waals surface area (Å²) < 4.78 is 25.5. The van der Waals surface area contributed by atoms with Gasteiger partial charge in [-0.15, -0.1) is 0 Å². The normalized spacial score (nSPS) is 10.6. The zero-order chi connectivity index (χ0) is 15.5. The number of aromatic nitrogens is 2. The van der Waals surface area contributed by atoms with Gasteiger partial charge in [0.15, 0.2) is 18.2 Å². The Bertz CT molecular complexity index is 829. The van der Waals surface area contributed by atoms with E-state index in [1.54, 1.807) is 30.6 Å². The number of rotatable bonds is 4. The number of ether oxygens (including phenoxy) is 2. The minimum absolute atomic E-state index is 0.0135. The molecule has 5 nitrogen and oxygen atoms in total. The van der Waals surface area contributed by atoms with E-state index in [0.717, 1.165) is 11.0 Å². The van der Waals surface area contributed by atoms with Crippen LogP contribution in [0, 0.1) is 5.82 Å². The highest BCUT2D eigenvalue weighted by Gasteiger charge is 2.10. The molecule has 3 rings (SSSR count). The quantitative estimate of drug-likeness (QED) is 0.549. The molecule has 22 heavy (non-hydrogen) atoms. The van der Waals surface area contributed by atoms with Crippen LogP contribution in [0.15, 0.2) is 48.8 Å². The van der Waals surface area contributed by atoms with Gasteiger partial charge < -0.3 is 14.0 Å². The van der Waals surface area contributed by atoms with Crippen molar-refractivity contribution in [2.24, 2.45) is 7.05 Å². The molecule has 0 bridgehead atoms. The summed E-state index contributed by atoms with van der Waals surface area (Å²) in [6.45, 7) is -0.374. The first-order chi connectivity index (χ1) is 10.6. The van der Waals surface area contributed by atoms with E-state index in [1.807, 2.05) is 17.7 Å². The largest absolute Gasteiger partial charge is 0.479 e. The molecular formula is C16H13FN2O3. The predicted octanol–water partition coefficient (Wildman–Crippen LogP) is 2.70. The molecule has 0 atom stereocenters. The number of carbonyl (C=O) groups excluding carboxylic acids is 1. The minimum Gasteiger partial charge on any atom is -0.479 e. The molecule has 0 N–H and O–H groups in total. The summed E-state index contributed by atoms with van der Waals surface area (Å²) in [5, 5.41) is 0. The molecule has 0 amide bonds. The Balaban J connectivity index is 1.64. The third kappa shape index (κ3) is 2.90. The second kappa shape index (κ2) is 5.85. The van der Waals surface area contributed by atoms with Crippen molar-refractivity contribution < 1.29 is 18.7 Å². The van der Waals surface area contributed by atoms with Crippen LogP contribution in [0.5, 0.6) is 11.5 Å². The van der Waals surface area contributed by atoms with Crippen LogP contribution in [0.4, 0.5) is 4.39 Å². The maximum atomic E-state index is 13.4. The Labute approximate surface area is 125 Å². The van der Waals surface area contributed by atoms with E-state index in [0.29, 0.717) is 5.75 Å². The van der Waals surface area contributed by atoms with Gasteiger partial charge in [0.05, 0.1) is 17.4 Å². The number of esters is 1. The van der Waals surface area contributed by atoms with Gasteiger partial charge in [-0.1, -0.05) is 12.1 Å².